The first-order valence-electron chi connectivity index (χ1n) is 9.19. The molecule has 2 atom stereocenters. The average molecular weight is 432 g/mol. The van der Waals surface area contributed by atoms with Gasteiger partial charge in [-0.3, -0.25) is 9.59 Å². The Hall–Kier alpha value is -2.77. The number of benzene rings is 1. The molecule has 0 spiro atoms. The van der Waals surface area contributed by atoms with E-state index in [1.54, 1.807) is 25.1 Å². The lowest BCUT2D eigenvalue weighted by Crippen LogP contribution is -2.27. The number of carbonyl (C=O) groups is 2. The van der Waals surface area contributed by atoms with Gasteiger partial charge in [0.05, 0.1) is 10.6 Å². The lowest BCUT2D eigenvalue weighted by molar-refractivity contribution is -0.112. The number of fused-ring (bicyclic) bond motifs is 3. The van der Waals surface area contributed by atoms with Crippen molar-refractivity contribution in [1.29, 1.82) is 0 Å². The summed E-state index contributed by atoms with van der Waals surface area (Å²) in [5, 5.41) is 20.0. The molecule has 1 aliphatic rings. The van der Waals surface area contributed by atoms with Crippen molar-refractivity contribution < 1.29 is 24.5 Å². The van der Waals surface area contributed by atoms with Gasteiger partial charge in [0, 0.05) is 11.1 Å². The minimum absolute atomic E-state index is 0.0116. The van der Waals surface area contributed by atoms with Gasteiger partial charge in [-0.05, 0) is 45.8 Å². The zero-order chi connectivity index (χ0) is 22.5. The quantitative estimate of drug-likeness (QED) is 0.489. The zero-order valence-electron chi connectivity index (χ0n) is 17.3. The van der Waals surface area contributed by atoms with Crippen molar-refractivity contribution in [2.45, 2.75) is 25.6 Å². The number of nitrogens with zero attached hydrogens (tertiary/aromatic N) is 2. The first-order valence-corrected chi connectivity index (χ1v) is 10.0. The molecule has 3 rings (SSSR count). The maximum atomic E-state index is 11.5. The van der Waals surface area contributed by atoms with Crippen LogP contribution in [0.3, 0.4) is 0 Å². The van der Waals surface area contributed by atoms with Crippen LogP contribution in [0.15, 0.2) is 18.2 Å². The molecule has 1 amide bonds. The van der Waals surface area contributed by atoms with Crippen LogP contribution >= 0.6 is 11.3 Å². The summed E-state index contributed by atoms with van der Waals surface area (Å²) in [5.74, 6) is 4.87. The summed E-state index contributed by atoms with van der Waals surface area (Å²) < 4.78 is 5.65. The third-order valence-electron chi connectivity index (χ3n) is 4.20. The van der Waals surface area contributed by atoms with E-state index in [-0.39, 0.29) is 11.6 Å². The van der Waals surface area contributed by atoms with Crippen LogP contribution in [0.2, 0.25) is 0 Å². The Labute approximate surface area is 179 Å². The lowest BCUT2D eigenvalue weighted by Gasteiger charge is -2.19. The molecule has 160 valence electrons. The molecular weight excluding hydrogens is 406 g/mol. The van der Waals surface area contributed by atoms with Crippen LogP contribution in [0.5, 0.6) is 5.75 Å². The van der Waals surface area contributed by atoms with Crippen LogP contribution in [0.4, 0.5) is 0 Å². The minimum atomic E-state index is -1.37. The second kappa shape index (κ2) is 9.82. The number of amides is 1. The van der Waals surface area contributed by atoms with Gasteiger partial charge in [0.25, 0.3) is 5.91 Å². The molecule has 8 nitrogen and oxygen atoms in total. The topological polar surface area (TPSA) is 126 Å². The number of hydrogen-bond donors (Lipinski definition) is 3. The molecule has 1 aliphatic heterocycles. The Morgan fingerprint density at radius 1 is 1.50 bits per heavy atom. The number of hydrogen-bond acceptors (Lipinski definition) is 8. The molecule has 0 aliphatic carbocycles. The van der Waals surface area contributed by atoms with Crippen molar-refractivity contribution in [3.63, 3.8) is 0 Å². The average Bonchev–Trinajstić information content (AvgIpc) is 3.14. The summed E-state index contributed by atoms with van der Waals surface area (Å²) in [6.45, 7) is 4.82. The smallest absolute Gasteiger partial charge is 0.277 e. The van der Waals surface area contributed by atoms with Gasteiger partial charge in [-0.1, -0.05) is 18.8 Å². The highest BCUT2D eigenvalue weighted by Gasteiger charge is 2.36. The standard InChI is InChI=1S/C17H14N2O5S.C4H11N/c1-17(23)8-24-12-5-3-9(2-4-10(21)7-20)6-11(12)13-14(17)25-16(19-13)15(18)22;1-4-5(2)3/h3,5-7,10,21,23H,8H2,1H3,(H2,18,22);4H2,1-3H3. The van der Waals surface area contributed by atoms with Gasteiger partial charge < -0.3 is 25.6 Å². The molecule has 0 bridgehead atoms. The van der Waals surface area contributed by atoms with E-state index in [2.05, 4.69) is 42.7 Å². The Balaban J connectivity index is 0.000000575. The molecule has 2 heterocycles. The van der Waals surface area contributed by atoms with E-state index in [9.17, 15) is 19.8 Å². The first kappa shape index (κ1) is 23.5. The van der Waals surface area contributed by atoms with Crippen molar-refractivity contribution in [3.05, 3.63) is 33.6 Å². The number of ether oxygens (including phenoxy) is 1. The Kier molecular flexibility index (Phi) is 7.70. The highest BCUT2D eigenvalue weighted by molar-refractivity contribution is 7.14. The normalized spacial score (nSPS) is 17.7. The third-order valence-corrected chi connectivity index (χ3v) is 5.52. The Morgan fingerprint density at radius 3 is 2.73 bits per heavy atom. The van der Waals surface area contributed by atoms with E-state index in [4.69, 9.17) is 10.5 Å². The lowest BCUT2D eigenvalue weighted by atomic mass is 10.0. The molecule has 2 unspecified atom stereocenters. The molecule has 0 saturated heterocycles. The summed E-state index contributed by atoms with van der Waals surface area (Å²) >= 11 is 1.02. The van der Waals surface area contributed by atoms with Crippen LogP contribution in [0.25, 0.3) is 11.3 Å². The molecule has 9 heteroatoms. The second-order valence-corrected chi connectivity index (χ2v) is 8.08. The fraction of sp³-hybridized carbons (Fsp3) is 0.381. The van der Waals surface area contributed by atoms with Crippen LogP contribution in [-0.2, 0) is 10.4 Å². The van der Waals surface area contributed by atoms with Crippen molar-refractivity contribution in [1.82, 2.24) is 9.88 Å². The molecule has 30 heavy (non-hydrogen) atoms. The predicted octanol–water partition coefficient (Wildman–Crippen LogP) is 0.988. The first-order chi connectivity index (χ1) is 14.1. The van der Waals surface area contributed by atoms with Gasteiger partial charge in [0.1, 0.15) is 18.0 Å². The Morgan fingerprint density at radius 2 is 2.17 bits per heavy atom. The fourth-order valence-electron chi connectivity index (χ4n) is 2.37. The minimum Gasteiger partial charge on any atom is -0.489 e. The number of nitrogens with two attached hydrogens (primary N) is 1. The van der Waals surface area contributed by atoms with Crippen LogP contribution in [-0.4, -0.2) is 65.6 Å². The number of aromatic nitrogens is 1. The maximum absolute atomic E-state index is 11.5. The van der Waals surface area contributed by atoms with E-state index < -0.39 is 17.6 Å². The summed E-state index contributed by atoms with van der Waals surface area (Å²) in [5.41, 5.74) is 5.44. The van der Waals surface area contributed by atoms with Gasteiger partial charge in [-0.2, -0.15) is 0 Å². The molecule has 4 N–H and O–H groups in total. The van der Waals surface area contributed by atoms with E-state index in [1.165, 1.54) is 0 Å². The number of aldehydes is 1. The molecule has 2 aromatic rings. The monoisotopic (exact) mass is 431 g/mol. The van der Waals surface area contributed by atoms with Crippen molar-refractivity contribution >= 4 is 23.5 Å². The number of rotatable bonds is 3. The predicted molar refractivity (Wildman–Crippen MR) is 114 cm³/mol. The maximum Gasteiger partial charge on any atom is 0.277 e. The highest BCUT2D eigenvalue weighted by Crippen LogP contribution is 2.43. The van der Waals surface area contributed by atoms with Gasteiger partial charge in [0.2, 0.25) is 0 Å². The largest absolute Gasteiger partial charge is 0.489 e. The number of thiazole rings is 1. The fourth-order valence-corrected chi connectivity index (χ4v) is 3.33. The SMILES string of the molecule is CC1(O)COc2ccc(C#CC(O)C=O)cc2-c2nc(C(N)=O)sc21.CCN(C)C. The molecule has 1 aromatic carbocycles. The van der Waals surface area contributed by atoms with Gasteiger partial charge in [-0.25, -0.2) is 4.98 Å². The molecule has 0 radical (unpaired) electrons. The number of aliphatic hydroxyl groups excluding tert-OH is 1. The van der Waals surface area contributed by atoms with Crippen LogP contribution in [0.1, 0.15) is 34.1 Å². The summed E-state index contributed by atoms with van der Waals surface area (Å²) in [7, 11) is 4.11. The molecule has 1 aromatic heterocycles. The van der Waals surface area contributed by atoms with Crippen LogP contribution < -0.4 is 10.5 Å². The number of carbonyl (C=O) groups excluding carboxylic acids is 2. The summed E-state index contributed by atoms with van der Waals surface area (Å²) in [6.07, 6.45) is -1.04. The van der Waals surface area contributed by atoms with E-state index in [0.717, 1.165) is 17.9 Å². The molecule has 0 fully saturated rings. The van der Waals surface area contributed by atoms with Gasteiger partial charge in [0.15, 0.2) is 17.4 Å². The van der Waals surface area contributed by atoms with Crippen LogP contribution in [0, 0.1) is 11.8 Å². The molecule has 0 saturated carbocycles. The molecular formula is C21H25N3O5S. The van der Waals surface area contributed by atoms with E-state index in [0.29, 0.717) is 33.7 Å². The zero-order valence-corrected chi connectivity index (χ0v) is 18.1. The van der Waals surface area contributed by atoms with E-state index in [1.807, 2.05) is 0 Å². The third kappa shape index (κ3) is 5.64. The number of aliphatic hydroxyl groups is 2. The second-order valence-electron chi connectivity index (χ2n) is 7.08. The highest BCUT2D eigenvalue weighted by atomic mass is 32.1. The van der Waals surface area contributed by atoms with Crippen molar-refractivity contribution in [3.8, 4) is 28.8 Å². The Bertz CT molecular complexity index is 988. The van der Waals surface area contributed by atoms with Crippen molar-refractivity contribution in [2.75, 3.05) is 27.2 Å². The van der Waals surface area contributed by atoms with Gasteiger partial charge >= 0.3 is 0 Å². The summed E-state index contributed by atoms with van der Waals surface area (Å²) in [6, 6.07) is 4.97. The van der Waals surface area contributed by atoms with Gasteiger partial charge in [-0.15, -0.1) is 11.3 Å². The van der Waals surface area contributed by atoms with E-state index >= 15 is 0 Å². The summed E-state index contributed by atoms with van der Waals surface area (Å²) in [4.78, 5) is 28.8. The number of primary amides is 1. The van der Waals surface area contributed by atoms with Crippen molar-refractivity contribution in [2.24, 2.45) is 5.73 Å².